The largest absolute Gasteiger partial charge is 0.493 e. The molecule has 0 radical (unpaired) electrons. The highest BCUT2D eigenvalue weighted by Gasteiger charge is 2.38. The van der Waals surface area contributed by atoms with Gasteiger partial charge in [-0.1, -0.05) is 26.0 Å². The van der Waals surface area contributed by atoms with Crippen molar-refractivity contribution >= 4 is 11.8 Å². The van der Waals surface area contributed by atoms with Crippen LogP contribution in [0.3, 0.4) is 0 Å². The van der Waals surface area contributed by atoms with Crippen LogP contribution in [0.2, 0.25) is 0 Å². The van der Waals surface area contributed by atoms with Crippen molar-refractivity contribution in [2.75, 3.05) is 20.3 Å². The van der Waals surface area contributed by atoms with Crippen molar-refractivity contribution in [3.05, 3.63) is 29.8 Å². The number of nitrogens with two attached hydrogens (primary N) is 1. The summed E-state index contributed by atoms with van der Waals surface area (Å²) >= 11 is 0. The second-order valence-electron chi connectivity index (χ2n) is 6.58. The standard InChI is InChI=1S/C18H26N2O4/c1-12(2)11-24-14-6-4-13(5-7-14)8-17(21)20-10-15(23-3)9-16(20)18(19)22/h4-7,12,15-16H,8-11H2,1-3H3,(H2,19,22)/t15-,16-/m0/s1. The summed E-state index contributed by atoms with van der Waals surface area (Å²) in [6.07, 6.45) is 0.544. The van der Waals surface area contributed by atoms with Gasteiger partial charge >= 0.3 is 0 Å². The molecule has 0 spiro atoms. The van der Waals surface area contributed by atoms with Gasteiger partial charge in [-0.25, -0.2) is 0 Å². The van der Waals surface area contributed by atoms with E-state index in [1.807, 2.05) is 24.3 Å². The molecule has 1 saturated heterocycles. The molecule has 1 fully saturated rings. The third kappa shape index (κ3) is 4.71. The minimum Gasteiger partial charge on any atom is -0.493 e. The number of hydrogen-bond donors (Lipinski definition) is 1. The third-order valence-corrected chi connectivity index (χ3v) is 4.11. The summed E-state index contributed by atoms with van der Waals surface area (Å²) in [5, 5.41) is 0. The van der Waals surface area contributed by atoms with E-state index in [-0.39, 0.29) is 18.4 Å². The number of primary amides is 1. The number of carbonyl (C=O) groups is 2. The smallest absolute Gasteiger partial charge is 0.240 e. The van der Waals surface area contributed by atoms with Crippen molar-refractivity contribution in [3.63, 3.8) is 0 Å². The van der Waals surface area contributed by atoms with E-state index in [2.05, 4.69) is 13.8 Å². The van der Waals surface area contributed by atoms with E-state index >= 15 is 0 Å². The van der Waals surface area contributed by atoms with Crippen LogP contribution in [0.25, 0.3) is 0 Å². The number of nitrogens with zero attached hydrogens (tertiary/aromatic N) is 1. The quantitative estimate of drug-likeness (QED) is 0.816. The monoisotopic (exact) mass is 334 g/mol. The normalized spacial score (nSPS) is 20.4. The van der Waals surface area contributed by atoms with Crippen molar-refractivity contribution in [2.24, 2.45) is 11.7 Å². The molecule has 1 aliphatic heterocycles. The summed E-state index contributed by atoms with van der Waals surface area (Å²) in [5.74, 6) is 0.644. The summed E-state index contributed by atoms with van der Waals surface area (Å²) in [6, 6.07) is 6.88. The Balaban J connectivity index is 1.97. The first-order valence-corrected chi connectivity index (χ1v) is 8.24. The van der Waals surface area contributed by atoms with Gasteiger partial charge in [-0.2, -0.15) is 0 Å². The molecule has 0 aliphatic carbocycles. The molecule has 2 atom stereocenters. The highest BCUT2D eigenvalue weighted by Crippen LogP contribution is 2.21. The van der Waals surface area contributed by atoms with E-state index in [0.29, 0.717) is 25.5 Å². The van der Waals surface area contributed by atoms with Crippen LogP contribution < -0.4 is 10.5 Å². The van der Waals surface area contributed by atoms with Gasteiger partial charge in [0.15, 0.2) is 0 Å². The predicted octanol–water partition coefficient (Wildman–Crippen LogP) is 1.37. The average Bonchev–Trinajstić information content (AvgIpc) is 2.99. The molecule has 1 heterocycles. The number of benzene rings is 1. The van der Waals surface area contributed by atoms with Gasteiger partial charge in [-0.05, 0) is 23.6 Å². The van der Waals surface area contributed by atoms with Gasteiger partial charge in [-0.3, -0.25) is 9.59 Å². The molecule has 6 heteroatoms. The van der Waals surface area contributed by atoms with Gasteiger partial charge in [0, 0.05) is 20.1 Å². The van der Waals surface area contributed by atoms with Gasteiger partial charge in [0.2, 0.25) is 11.8 Å². The van der Waals surface area contributed by atoms with Crippen LogP contribution in [0.5, 0.6) is 5.75 Å². The molecule has 0 saturated carbocycles. The van der Waals surface area contributed by atoms with Crippen molar-refractivity contribution in [1.29, 1.82) is 0 Å². The van der Waals surface area contributed by atoms with Crippen molar-refractivity contribution < 1.29 is 19.1 Å². The van der Waals surface area contributed by atoms with Gasteiger partial charge in [0.1, 0.15) is 11.8 Å². The fraction of sp³-hybridized carbons (Fsp3) is 0.556. The fourth-order valence-corrected chi connectivity index (χ4v) is 2.76. The van der Waals surface area contributed by atoms with Crippen LogP contribution in [0, 0.1) is 5.92 Å². The molecule has 1 aliphatic rings. The Kier molecular flexibility index (Phi) is 6.20. The lowest BCUT2D eigenvalue weighted by Gasteiger charge is -2.22. The Morgan fingerprint density at radius 1 is 1.29 bits per heavy atom. The third-order valence-electron chi connectivity index (χ3n) is 4.11. The van der Waals surface area contributed by atoms with Crippen molar-refractivity contribution in [1.82, 2.24) is 4.90 Å². The second kappa shape index (κ2) is 8.15. The van der Waals surface area contributed by atoms with E-state index in [4.69, 9.17) is 15.2 Å². The second-order valence-corrected chi connectivity index (χ2v) is 6.58. The number of ether oxygens (including phenoxy) is 2. The molecule has 24 heavy (non-hydrogen) atoms. The fourth-order valence-electron chi connectivity index (χ4n) is 2.76. The molecular weight excluding hydrogens is 308 g/mol. The van der Waals surface area contributed by atoms with E-state index in [1.54, 1.807) is 7.11 Å². The van der Waals surface area contributed by atoms with Crippen LogP contribution in [0.1, 0.15) is 25.8 Å². The summed E-state index contributed by atoms with van der Waals surface area (Å²) < 4.78 is 10.9. The lowest BCUT2D eigenvalue weighted by molar-refractivity contribution is -0.136. The summed E-state index contributed by atoms with van der Waals surface area (Å²) in [6.45, 7) is 5.24. The number of amides is 2. The lowest BCUT2D eigenvalue weighted by atomic mass is 10.1. The highest BCUT2D eigenvalue weighted by atomic mass is 16.5. The zero-order valence-electron chi connectivity index (χ0n) is 14.5. The van der Waals surface area contributed by atoms with Crippen LogP contribution in [-0.4, -0.2) is 49.1 Å². The summed E-state index contributed by atoms with van der Waals surface area (Å²) in [7, 11) is 1.58. The van der Waals surface area contributed by atoms with Crippen molar-refractivity contribution in [3.8, 4) is 5.75 Å². The van der Waals surface area contributed by atoms with E-state index < -0.39 is 11.9 Å². The summed E-state index contributed by atoms with van der Waals surface area (Å²) in [5.41, 5.74) is 6.28. The van der Waals surface area contributed by atoms with Gasteiger partial charge in [0.05, 0.1) is 19.1 Å². The number of methoxy groups -OCH3 is 1. The maximum atomic E-state index is 12.5. The topological polar surface area (TPSA) is 81.9 Å². The Morgan fingerprint density at radius 3 is 2.50 bits per heavy atom. The van der Waals surface area contributed by atoms with Crippen LogP contribution in [0.4, 0.5) is 0 Å². The molecule has 132 valence electrons. The Hall–Kier alpha value is -2.08. The van der Waals surface area contributed by atoms with Crippen LogP contribution in [0.15, 0.2) is 24.3 Å². The Morgan fingerprint density at radius 2 is 1.96 bits per heavy atom. The van der Waals surface area contributed by atoms with Gasteiger partial charge in [0.25, 0.3) is 0 Å². The molecule has 6 nitrogen and oxygen atoms in total. The lowest BCUT2D eigenvalue weighted by Crippen LogP contribution is -2.44. The molecule has 0 bridgehead atoms. The average molecular weight is 334 g/mol. The maximum Gasteiger partial charge on any atom is 0.240 e. The van der Waals surface area contributed by atoms with E-state index in [1.165, 1.54) is 4.90 Å². The number of likely N-dealkylation sites (tertiary alicyclic amines) is 1. The summed E-state index contributed by atoms with van der Waals surface area (Å²) in [4.78, 5) is 25.6. The SMILES string of the molecule is CO[C@H]1C[C@@H](C(N)=O)N(C(=O)Cc2ccc(OCC(C)C)cc2)C1. The minimum absolute atomic E-state index is 0.116. The minimum atomic E-state index is -0.587. The van der Waals surface area contributed by atoms with Crippen LogP contribution in [-0.2, 0) is 20.7 Å². The first kappa shape index (κ1) is 18.3. The Bertz CT molecular complexity index is 571. The molecule has 1 aromatic carbocycles. The number of rotatable bonds is 7. The van der Waals surface area contributed by atoms with Crippen molar-refractivity contribution in [2.45, 2.75) is 38.8 Å². The maximum absolute atomic E-state index is 12.5. The zero-order chi connectivity index (χ0) is 17.7. The molecule has 2 rings (SSSR count). The first-order valence-electron chi connectivity index (χ1n) is 8.24. The highest BCUT2D eigenvalue weighted by molar-refractivity contribution is 5.88. The Labute approximate surface area is 142 Å². The molecule has 0 unspecified atom stereocenters. The van der Waals surface area contributed by atoms with Gasteiger partial charge in [-0.15, -0.1) is 0 Å². The number of hydrogen-bond acceptors (Lipinski definition) is 4. The first-order chi connectivity index (χ1) is 11.4. The van der Waals surface area contributed by atoms with E-state index in [9.17, 15) is 9.59 Å². The van der Waals surface area contributed by atoms with Crippen LogP contribution >= 0.6 is 0 Å². The molecule has 2 amide bonds. The molecule has 2 N–H and O–H groups in total. The van der Waals surface area contributed by atoms with E-state index in [0.717, 1.165) is 11.3 Å². The zero-order valence-corrected chi connectivity index (χ0v) is 14.5. The number of carbonyl (C=O) groups excluding carboxylic acids is 2. The van der Waals surface area contributed by atoms with Gasteiger partial charge < -0.3 is 20.1 Å². The molecule has 1 aromatic rings. The molecule has 0 aromatic heterocycles. The predicted molar refractivity (Wildman–Crippen MR) is 90.6 cm³/mol. The molecular formula is C18H26N2O4.